The number of ether oxygens (including phenoxy) is 1. The van der Waals surface area contributed by atoms with Gasteiger partial charge in [-0.2, -0.15) is 0 Å². The molecule has 0 bridgehead atoms. The molecule has 0 aliphatic rings. The van der Waals surface area contributed by atoms with Crippen molar-refractivity contribution in [1.29, 1.82) is 0 Å². The lowest BCUT2D eigenvalue weighted by Gasteiger charge is -2.18. The Bertz CT molecular complexity index is 575. The highest BCUT2D eigenvalue weighted by Gasteiger charge is 2.15. The van der Waals surface area contributed by atoms with Crippen molar-refractivity contribution in [2.75, 3.05) is 7.11 Å². The molecule has 2 aromatic rings. The third kappa shape index (κ3) is 3.61. The number of hydrazine groups is 1. The van der Waals surface area contributed by atoms with E-state index in [0.717, 1.165) is 11.1 Å². The SMILES string of the molecule is COc1ccc(CC(NN)c2cc(Cl)ccc2Cl)cn1. The lowest BCUT2D eigenvalue weighted by molar-refractivity contribution is 0.397. The molecule has 1 aromatic carbocycles. The van der Waals surface area contributed by atoms with E-state index >= 15 is 0 Å². The molecule has 0 aliphatic heterocycles. The van der Waals surface area contributed by atoms with Gasteiger partial charge in [0.05, 0.1) is 13.2 Å². The first-order valence-electron chi connectivity index (χ1n) is 6.04. The molecule has 1 aromatic heterocycles. The van der Waals surface area contributed by atoms with Crippen LogP contribution in [-0.4, -0.2) is 12.1 Å². The van der Waals surface area contributed by atoms with Crippen molar-refractivity contribution in [2.24, 2.45) is 5.84 Å². The Labute approximate surface area is 127 Å². The van der Waals surface area contributed by atoms with Crippen LogP contribution in [0.15, 0.2) is 36.5 Å². The average molecular weight is 312 g/mol. The molecule has 1 heterocycles. The molecule has 0 aliphatic carbocycles. The van der Waals surface area contributed by atoms with Gasteiger partial charge in [0.15, 0.2) is 0 Å². The number of benzene rings is 1. The van der Waals surface area contributed by atoms with Gasteiger partial charge in [-0.3, -0.25) is 11.3 Å². The number of nitrogens with one attached hydrogen (secondary N) is 1. The Kier molecular flexibility index (Phi) is 5.20. The lowest BCUT2D eigenvalue weighted by atomic mass is 10.0. The lowest BCUT2D eigenvalue weighted by Crippen LogP contribution is -2.29. The first-order valence-corrected chi connectivity index (χ1v) is 6.79. The fourth-order valence-corrected chi connectivity index (χ4v) is 2.36. The fourth-order valence-electron chi connectivity index (χ4n) is 1.93. The number of aromatic nitrogens is 1. The van der Waals surface area contributed by atoms with Gasteiger partial charge in [0, 0.05) is 22.3 Å². The van der Waals surface area contributed by atoms with Crippen LogP contribution in [0.1, 0.15) is 17.2 Å². The molecule has 20 heavy (non-hydrogen) atoms. The molecule has 0 saturated heterocycles. The Hall–Kier alpha value is -1.33. The minimum absolute atomic E-state index is 0.142. The van der Waals surface area contributed by atoms with E-state index < -0.39 is 0 Å². The number of hydrogen-bond acceptors (Lipinski definition) is 4. The van der Waals surface area contributed by atoms with Crippen LogP contribution < -0.4 is 16.0 Å². The zero-order valence-corrected chi connectivity index (χ0v) is 12.4. The Morgan fingerprint density at radius 3 is 2.70 bits per heavy atom. The van der Waals surface area contributed by atoms with Gasteiger partial charge in [-0.25, -0.2) is 4.98 Å². The molecule has 3 N–H and O–H groups in total. The van der Waals surface area contributed by atoms with E-state index in [2.05, 4.69) is 10.4 Å². The topological polar surface area (TPSA) is 60.2 Å². The molecule has 6 heteroatoms. The maximum atomic E-state index is 6.19. The summed E-state index contributed by atoms with van der Waals surface area (Å²) in [6.45, 7) is 0. The Morgan fingerprint density at radius 1 is 1.30 bits per heavy atom. The summed E-state index contributed by atoms with van der Waals surface area (Å²) in [7, 11) is 1.58. The average Bonchev–Trinajstić information content (AvgIpc) is 2.48. The summed E-state index contributed by atoms with van der Waals surface area (Å²) in [4.78, 5) is 4.17. The van der Waals surface area contributed by atoms with Gasteiger partial charge < -0.3 is 4.74 Å². The predicted octanol–water partition coefficient (Wildman–Crippen LogP) is 3.14. The maximum absolute atomic E-state index is 6.19. The first-order chi connectivity index (χ1) is 9.63. The van der Waals surface area contributed by atoms with Gasteiger partial charge in [-0.1, -0.05) is 29.3 Å². The van der Waals surface area contributed by atoms with Gasteiger partial charge in [-0.15, -0.1) is 0 Å². The Morgan fingerprint density at radius 2 is 2.10 bits per heavy atom. The number of pyridine rings is 1. The van der Waals surface area contributed by atoms with E-state index in [4.69, 9.17) is 33.8 Å². The molecule has 0 amide bonds. The van der Waals surface area contributed by atoms with E-state index in [9.17, 15) is 0 Å². The number of nitrogens with zero attached hydrogens (tertiary/aromatic N) is 1. The molecule has 2 rings (SSSR count). The van der Waals surface area contributed by atoms with Gasteiger partial charge in [-0.05, 0) is 35.7 Å². The molecule has 0 radical (unpaired) electrons. The molecular formula is C14H15Cl2N3O. The quantitative estimate of drug-likeness (QED) is 0.658. The number of methoxy groups -OCH3 is 1. The zero-order chi connectivity index (χ0) is 14.5. The molecule has 1 unspecified atom stereocenters. The van der Waals surface area contributed by atoms with Gasteiger partial charge in [0.1, 0.15) is 0 Å². The van der Waals surface area contributed by atoms with Crippen LogP contribution in [0.5, 0.6) is 5.88 Å². The third-order valence-corrected chi connectivity index (χ3v) is 3.56. The summed E-state index contributed by atoms with van der Waals surface area (Å²) in [5.74, 6) is 6.21. The first kappa shape index (κ1) is 15.1. The second-order valence-corrected chi connectivity index (χ2v) is 5.14. The number of nitrogens with two attached hydrogens (primary N) is 1. The summed E-state index contributed by atoms with van der Waals surface area (Å²) in [5, 5.41) is 1.25. The highest BCUT2D eigenvalue weighted by atomic mass is 35.5. The van der Waals surface area contributed by atoms with Crippen molar-refractivity contribution < 1.29 is 4.74 Å². The third-order valence-electron chi connectivity index (χ3n) is 2.98. The van der Waals surface area contributed by atoms with Crippen molar-refractivity contribution >= 4 is 23.2 Å². The van der Waals surface area contributed by atoms with Crippen LogP contribution in [0.2, 0.25) is 10.0 Å². The van der Waals surface area contributed by atoms with E-state index in [1.54, 1.807) is 25.4 Å². The van der Waals surface area contributed by atoms with Crippen LogP contribution in [0.25, 0.3) is 0 Å². The summed E-state index contributed by atoms with van der Waals surface area (Å²) >= 11 is 12.2. The molecule has 4 nitrogen and oxygen atoms in total. The minimum Gasteiger partial charge on any atom is -0.481 e. The van der Waals surface area contributed by atoms with Gasteiger partial charge >= 0.3 is 0 Å². The van der Waals surface area contributed by atoms with Gasteiger partial charge in [0.25, 0.3) is 0 Å². The minimum atomic E-state index is -0.142. The largest absolute Gasteiger partial charge is 0.481 e. The summed E-state index contributed by atoms with van der Waals surface area (Å²) in [6.07, 6.45) is 2.40. The van der Waals surface area contributed by atoms with Crippen molar-refractivity contribution in [3.8, 4) is 5.88 Å². The molecular weight excluding hydrogens is 297 g/mol. The van der Waals surface area contributed by atoms with E-state index in [1.807, 2.05) is 18.2 Å². The van der Waals surface area contributed by atoms with Crippen molar-refractivity contribution in [3.63, 3.8) is 0 Å². The van der Waals surface area contributed by atoms with Crippen molar-refractivity contribution in [2.45, 2.75) is 12.5 Å². The summed E-state index contributed by atoms with van der Waals surface area (Å²) in [5.41, 5.74) is 4.64. The second kappa shape index (κ2) is 6.90. The van der Waals surface area contributed by atoms with E-state index in [1.165, 1.54) is 0 Å². The van der Waals surface area contributed by atoms with Crippen LogP contribution in [0.3, 0.4) is 0 Å². The smallest absolute Gasteiger partial charge is 0.212 e. The second-order valence-electron chi connectivity index (χ2n) is 4.30. The van der Waals surface area contributed by atoms with Crippen LogP contribution >= 0.6 is 23.2 Å². The normalized spacial score (nSPS) is 12.2. The summed E-state index contributed by atoms with van der Waals surface area (Å²) in [6, 6.07) is 8.92. The summed E-state index contributed by atoms with van der Waals surface area (Å²) < 4.78 is 5.03. The molecule has 1 atom stereocenters. The van der Waals surface area contributed by atoms with E-state index in [-0.39, 0.29) is 6.04 Å². The van der Waals surface area contributed by atoms with Gasteiger partial charge in [0.2, 0.25) is 5.88 Å². The maximum Gasteiger partial charge on any atom is 0.212 e. The van der Waals surface area contributed by atoms with Crippen LogP contribution in [0, 0.1) is 0 Å². The standard InChI is InChI=1S/C14H15Cl2N3O/c1-20-14-5-2-9(8-18-14)6-13(19-17)11-7-10(15)3-4-12(11)16/h2-5,7-8,13,19H,6,17H2,1H3. The van der Waals surface area contributed by atoms with Crippen LogP contribution in [-0.2, 0) is 6.42 Å². The van der Waals surface area contributed by atoms with Crippen molar-refractivity contribution in [1.82, 2.24) is 10.4 Å². The monoisotopic (exact) mass is 311 g/mol. The fraction of sp³-hybridized carbons (Fsp3) is 0.214. The number of rotatable bonds is 5. The van der Waals surface area contributed by atoms with Crippen LogP contribution in [0.4, 0.5) is 0 Å². The zero-order valence-electron chi connectivity index (χ0n) is 10.9. The number of hydrogen-bond donors (Lipinski definition) is 2. The number of halogens is 2. The molecule has 106 valence electrons. The van der Waals surface area contributed by atoms with E-state index in [0.29, 0.717) is 22.3 Å². The highest BCUT2D eigenvalue weighted by Crippen LogP contribution is 2.28. The van der Waals surface area contributed by atoms with Crippen molar-refractivity contribution in [3.05, 3.63) is 57.7 Å². The molecule has 0 saturated carbocycles. The molecule has 0 spiro atoms. The molecule has 0 fully saturated rings. The predicted molar refractivity (Wildman–Crippen MR) is 81.0 cm³/mol. The Balaban J connectivity index is 2.21. The highest BCUT2D eigenvalue weighted by molar-refractivity contribution is 6.33.